The molecule has 1 rings (SSSR count). The lowest BCUT2D eigenvalue weighted by Gasteiger charge is -2.23. The molecule has 4 N–H and O–H groups in total. The first-order valence-electron chi connectivity index (χ1n) is 5.40. The number of nitrogens with zero attached hydrogens (tertiary/aromatic N) is 2. The van der Waals surface area contributed by atoms with Gasteiger partial charge in [0.05, 0.1) is 19.7 Å². The molecule has 0 heterocycles. The van der Waals surface area contributed by atoms with Crippen molar-refractivity contribution >= 4 is 5.96 Å². The summed E-state index contributed by atoms with van der Waals surface area (Å²) in [6.07, 6.45) is 0. The number of methoxy groups -OCH3 is 1. The third kappa shape index (κ3) is 3.96. The summed E-state index contributed by atoms with van der Waals surface area (Å²) in [6.45, 7) is 0.530. The number of aliphatic imine (C=N–C) groups is 1. The van der Waals surface area contributed by atoms with Crippen LogP contribution in [0, 0.1) is 0 Å². The maximum absolute atomic E-state index is 5.36. The summed E-state index contributed by atoms with van der Waals surface area (Å²) in [5.74, 6) is 0.943. The van der Waals surface area contributed by atoms with Gasteiger partial charge in [0.15, 0.2) is 5.96 Å². The molecule has 1 unspecified atom stereocenters. The molecule has 1 aromatic rings. The van der Waals surface area contributed by atoms with E-state index in [1.165, 1.54) is 0 Å². The molecule has 0 fully saturated rings. The molecule has 1 atom stereocenters. The van der Waals surface area contributed by atoms with E-state index >= 15 is 0 Å². The molecule has 0 saturated heterocycles. The quantitative estimate of drug-likeness (QED) is 0.579. The lowest BCUT2D eigenvalue weighted by molar-refractivity contribution is 0.305. The van der Waals surface area contributed by atoms with Gasteiger partial charge in [-0.2, -0.15) is 0 Å². The smallest absolute Gasteiger partial charge is 0.185 e. The van der Waals surface area contributed by atoms with Crippen LogP contribution >= 0.6 is 0 Å². The number of hydrogen-bond acceptors (Lipinski definition) is 3. The highest BCUT2D eigenvalue weighted by Gasteiger charge is 2.14. The number of rotatable bonds is 5. The fourth-order valence-electron chi connectivity index (χ4n) is 1.61. The van der Waals surface area contributed by atoms with Crippen molar-refractivity contribution < 1.29 is 4.74 Å². The van der Waals surface area contributed by atoms with Crippen LogP contribution in [0.25, 0.3) is 0 Å². The minimum Gasteiger partial charge on any atom is -0.497 e. The number of ether oxygens (including phenoxy) is 1. The molecule has 0 amide bonds. The predicted octanol–water partition coefficient (Wildman–Crippen LogP) is 0.571. The van der Waals surface area contributed by atoms with E-state index in [4.69, 9.17) is 16.2 Å². The van der Waals surface area contributed by atoms with Crippen molar-refractivity contribution in [2.24, 2.45) is 16.5 Å². The second-order valence-electron chi connectivity index (χ2n) is 4.02. The van der Waals surface area contributed by atoms with Crippen molar-refractivity contribution in [2.45, 2.75) is 6.04 Å². The van der Waals surface area contributed by atoms with Crippen LogP contribution in [0.2, 0.25) is 0 Å². The van der Waals surface area contributed by atoms with E-state index in [0.29, 0.717) is 6.54 Å². The molecule has 1 aromatic carbocycles. The zero-order valence-electron chi connectivity index (χ0n) is 10.6. The van der Waals surface area contributed by atoms with Crippen molar-refractivity contribution in [3.63, 3.8) is 0 Å². The van der Waals surface area contributed by atoms with Crippen molar-refractivity contribution in [3.8, 4) is 5.75 Å². The Bertz CT molecular complexity index is 386. The summed E-state index contributed by atoms with van der Waals surface area (Å²) < 4.78 is 5.21. The van der Waals surface area contributed by atoms with Crippen LogP contribution < -0.4 is 16.2 Å². The average Bonchev–Trinajstić information content (AvgIpc) is 2.28. The van der Waals surface area contributed by atoms with Crippen LogP contribution in [0.15, 0.2) is 29.3 Å². The van der Waals surface area contributed by atoms with Crippen molar-refractivity contribution in [1.29, 1.82) is 0 Å². The molecule has 0 aliphatic carbocycles. The molecule has 0 bridgehead atoms. The van der Waals surface area contributed by atoms with Gasteiger partial charge in [-0.25, -0.2) is 0 Å². The third-order valence-corrected chi connectivity index (χ3v) is 2.55. The third-order valence-electron chi connectivity index (χ3n) is 2.55. The fourth-order valence-corrected chi connectivity index (χ4v) is 1.61. The fraction of sp³-hybridized carbons (Fsp3) is 0.417. The molecular weight excluding hydrogens is 216 g/mol. The molecule has 0 aliphatic rings. The molecular formula is C12H20N4O. The largest absolute Gasteiger partial charge is 0.497 e. The highest BCUT2D eigenvalue weighted by molar-refractivity contribution is 5.75. The lowest BCUT2D eigenvalue weighted by atomic mass is 10.1. The molecule has 94 valence electrons. The van der Waals surface area contributed by atoms with Crippen molar-refractivity contribution in [2.75, 3.05) is 27.7 Å². The maximum Gasteiger partial charge on any atom is 0.185 e. The summed E-state index contributed by atoms with van der Waals surface area (Å²) in [5.41, 5.74) is 11.8. The number of hydrogen-bond donors (Lipinski definition) is 2. The Morgan fingerprint density at radius 3 is 2.65 bits per heavy atom. The first-order valence-corrected chi connectivity index (χ1v) is 5.40. The van der Waals surface area contributed by atoms with E-state index in [9.17, 15) is 0 Å². The van der Waals surface area contributed by atoms with Crippen LogP contribution in [0.4, 0.5) is 0 Å². The van der Waals surface area contributed by atoms with Gasteiger partial charge in [0.1, 0.15) is 5.75 Å². The minimum atomic E-state index is 0.111. The van der Waals surface area contributed by atoms with Gasteiger partial charge in [0.25, 0.3) is 0 Å². The number of nitrogens with two attached hydrogens (primary N) is 2. The zero-order valence-corrected chi connectivity index (χ0v) is 10.6. The Morgan fingerprint density at radius 1 is 1.41 bits per heavy atom. The van der Waals surface area contributed by atoms with E-state index < -0.39 is 0 Å². The SMILES string of the molecule is COc1cccc(C(CN=C(N)N)N(C)C)c1. The van der Waals surface area contributed by atoms with Gasteiger partial charge in [-0.05, 0) is 31.8 Å². The normalized spacial score (nSPS) is 12.2. The van der Waals surface area contributed by atoms with E-state index in [0.717, 1.165) is 11.3 Å². The molecule has 17 heavy (non-hydrogen) atoms. The standard InChI is InChI=1S/C12H20N4O/c1-16(2)11(8-15-12(13)14)9-5-4-6-10(7-9)17-3/h4-7,11H,8H2,1-3H3,(H4,13,14,15). The Labute approximate surface area is 102 Å². The Kier molecular flexibility index (Phi) is 4.78. The lowest BCUT2D eigenvalue weighted by Crippen LogP contribution is -2.27. The van der Waals surface area contributed by atoms with Gasteiger partial charge in [-0.1, -0.05) is 12.1 Å². The van der Waals surface area contributed by atoms with Crippen molar-refractivity contribution in [1.82, 2.24) is 4.90 Å². The predicted molar refractivity (Wildman–Crippen MR) is 70.1 cm³/mol. The van der Waals surface area contributed by atoms with Crippen LogP contribution in [-0.2, 0) is 0 Å². The van der Waals surface area contributed by atoms with Gasteiger partial charge < -0.3 is 21.1 Å². The Morgan fingerprint density at radius 2 is 2.12 bits per heavy atom. The van der Waals surface area contributed by atoms with Gasteiger partial charge >= 0.3 is 0 Å². The van der Waals surface area contributed by atoms with E-state index in [1.54, 1.807) is 7.11 Å². The van der Waals surface area contributed by atoms with Crippen LogP contribution in [0.1, 0.15) is 11.6 Å². The highest BCUT2D eigenvalue weighted by atomic mass is 16.5. The molecule has 0 aromatic heterocycles. The average molecular weight is 236 g/mol. The monoisotopic (exact) mass is 236 g/mol. The first-order chi connectivity index (χ1) is 8.04. The second kappa shape index (κ2) is 6.10. The molecule has 5 heteroatoms. The topological polar surface area (TPSA) is 76.9 Å². The second-order valence-corrected chi connectivity index (χ2v) is 4.02. The van der Waals surface area contributed by atoms with E-state index in [1.807, 2.05) is 38.4 Å². The van der Waals surface area contributed by atoms with E-state index in [-0.39, 0.29) is 12.0 Å². The van der Waals surface area contributed by atoms with Gasteiger partial charge in [-0.3, -0.25) is 4.99 Å². The Hall–Kier alpha value is -1.75. The molecule has 0 saturated carbocycles. The molecule has 0 aliphatic heterocycles. The van der Waals surface area contributed by atoms with Gasteiger partial charge in [0.2, 0.25) is 0 Å². The van der Waals surface area contributed by atoms with Crippen LogP contribution in [0.3, 0.4) is 0 Å². The minimum absolute atomic E-state index is 0.111. The van der Waals surface area contributed by atoms with Gasteiger partial charge in [0, 0.05) is 0 Å². The maximum atomic E-state index is 5.36. The van der Waals surface area contributed by atoms with Gasteiger partial charge in [-0.15, -0.1) is 0 Å². The zero-order chi connectivity index (χ0) is 12.8. The number of benzene rings is 1. The van der Waals surface area contributed by atoms with Crippen LogP contribution in [0.5, 0.6) is 5.75 Å². The highest BCUT2D eigenvalue weighted by Crippen LogP contribution is 2.22. The number of guanidine groups is 1. The molecule has 0 spiro atoms. The number of likely N-dealkylation sites (N-methyl/N-ethyl adjacent to an activating group) is 1. The Balaban J connectivity index is 2.92. The summed E-state index contributed by atoms with van der Waals surface area (Å²) in [4.78, 5) is 6.14. The summed E-state index contributed by atoms with van der Waals surface area (Å²) in [6, 6.07) is 8.03. The summed E-state index contributed by atoms with van der Waals surface area (Å²) >= 11 is 0. The van der Waals surface area contributed by atoms with E-state index in [2.05, 4.69) is 9.89 Å². The summed E-state index contributed by atoms with van der Waals surface area (Å²) in [7, 11) is 5.64. The van der Waals surface area contributed by atoms with Crippen molar-refractivity contribution in [3.05, 3.63) is 29.8 Å². The summed E-state index contributed by atoms with van der Waals surface area (Å²) in [5, 5.41) is 0. The molecule has 5 nitrogen and oxygen atoms in total. The first kappa shape index (κ1) is 13.3. The van der Waals surface area contributed by atoms with Crippen LogP contribution in [-0.4, -0.2) is 38.6 Å². The molecule has 0 radical (unpaired) electrons.